The van der Waals surface area contributed by atoms with Gasteiger partial charge in [0.05, 0.1) is 39.2 Å². The molecule has 0 bridgehead atoms. The van der Waals surface area contributed by atoms with E-state index in [1.54, 1.807) is 0 Å². The highest BCUT2D eigenvalue weighted by atomic mass is 16.3. The van der Waals surface area contributed by atoms with Crippen molar-refractivity contribution in [3.05, 3.63) is 223 Å². The van der Waals surface area contributed by atoms with Crippen molar-refractivity contribution in [1.82, 2.24) is 9.13 Å². The highest BCUT2D eigenvalue weighted by molar-refractivity contribution is 6.24. The summed E-state index contributed by atoms with van der Waals surface area (Å²) in [6, 6.07) is 71.4. The Kier molecular flexibility index (Phi) is 8.19. The van der Waals surface area contributed by atoms with Gasteiger partial charge in [0.15, 0.2) is 5.84 Å². The van der Waals surface area contributed by atoms with E-state index in [0.29, 0.717) is 5.84 Å². The molecule has 0 amide bonds. The number of para-hydroxylation sites is 4. The van der Waals surface area contributed by atoms with Crippen LogP contribution < -0.4 is 0 Å². The Morgan fingerprint density at radius 3 is 1.94 bits per heavy atom. The van der Waals surface area contributed by atoms with E-state index in [1.165, 1.54) is 37.8 Å². The zero-order chi connectivity index (χ0) is 42.3. The lowest BCUT2D eigenvalue weighted by Crippen LogP contribution is -2.17. The molecule has 13 rings (SSSR count). The second kappa shape index (κ2) is 14.4. The number of hydrogen-bond donors (Lipinski definition) is 0. The minimum atomic E-state index is 0.0478. The smallest absolute Gasteiger partial charge is 0.160 e. The highest BCUT2D eigenvalue weighted by Crippen LogP contribution is 2.42. The van der Waals surface area contributed by atoms with Gasteiger partial charge in [-0.25, -0.2) is 9.98 Å². The van der Waals surface area contributed by atoms with Gasteiger partial charge in [0.25, 0.3) is 0 Å². The number of furan rings is 1. The molecule has 1 atom stereocenters. The third-order valence-corrected chi connectivity index (χ3v) is 13.2. The molecule has 1 aliphatic heterocycles. The van der Waals surface area contributed by atoms with Crippen LogP contribution in [-0.4, -0.2) is 20.7 Å². The molecule has 5 nitrogen and oxygen atoms in total. The molecule has 0 aliphatic carbocycles. The van der Waals surface area contributed by atoms with E-state index >= 15 is 0 Å². The van der Waals surface area contributed by atoms with E-state index in [1.807, 2.05) is 6.07 Å². The van der Waals surface area contributed by atoms with Crippen LogP contribution in [0, 0.1) is 5.92 Å². The number of aromatic nitrogens is 2. The van der Waals surface area contributed by atoms with Crippen molar-refractivity contribution in [2.24, 2.45) is 15.9 Å². The van der Waals surface area contributed by atoms with Gasteiger partial charge in [-0.3, -0.25) is 0 Å². The summed E-state index contributed by atoms with van der Waals surface area (Å²) < 4.78 is 11.5. The highest BCUT2D eigenvalue weighted by Gasteiger charge is 2.26. The predicted octanol–water partition coefficient (Wildman–Crippen LogP) is 15.3. The third-order valence-electron chi connectivity index (χ3n) is 13.2. The molecule has 4 heterocycles. The van der Waals surface area contributed by atoms with Gasteiger partial charge < -0.3 is 13.6 Å². The standard InChI is InChI=1S/C59H40N4O/c1-37-31-32-49(60-59(38-17-4-2-5-18-38)61-58(37)45-26-16-29-52-57(45)44-25-11-14-28-51(44)62(52)41-21-6-3-7-22-41)48-36-56-47(43-24-12-15-30-55(43)64-56)35-54(48)63-50-27-13-10-23-42(50)46-33-39-19-8-9-20-40(39)34-53(46)63/h2-30,32-37H,31H2,1H3/b49-32+,60-59?,61-58?/t37-/m0/s1. The SMILES string of the molecule is C[C@H]1C/C=C(\c2cc3oc4ccccc4c3cc2-n2c3ccccc3c3cc4ccccc4cc32)N=C(c2ccccc2)N=C1c1cccc2c1c1ccccc1n2-c1ccccc1. The predicted molar refractivity (Wildman–Crippen MR) is 268 cm³/mol. The third kappa shape index (κ3) is 5.64. The average molecular weight is 821 g/mol. The fourth-order valence-corrected chi connectivity index (χ4v) is 10.2. The Hall–Kier alpha value is -8.28. The van der Waals surface area contributed by atoms with Gasteiger partial charge in [0.2, 0.25) is 0 Å². The maximum Gasteiger partial charge on any atom is 0.160 e. The van der Waals surface area contributed by atoms with Crippen LogP contribution in [0.25, 0.3) is 93.4 Å². The number of nitrogens with zero attached hydrogens (tertiary/aromatic N) is 4. The Balaban J connectivity index is 1.08. The largest absolute Gasteiger partial charge is 0.456 e. The van der Waals surface area contributed by atoms with Crippen molar-refractivity contribution in [1.29, 1.82) is 0 Å². The van der Waals surface area contributed by atoms with Crippen molar-refractivity contribution in [2.75, 3.05) is 0 Å². The molecule has 9 aromatic carbocycles. The molecule has 0 radical (unpaired) electrons. The van der Waals surface area contributed by atoms with Crippen molar-refractivity contribution >= 4 is 93.6 Å². The van der Waals surface area contributed by atoms with Crippen LogP contribution in [0.15, 0.2) is 221 Å². The number of aliphatic imine (C=N–C) groups is 2. The molecule has 3 aromatic heterocycles. The number of hydrogen-bond acceptors (Lipinski definition) is 3. The lowest BCUT2D eigenvalue weighted by molar-refractivity contribution is 0.668. The number of rotatable bonds is 5. The topological polar surface area (TPSA) is 47.7 Å². The quantitative estimate of drug-likeness (QED) is 0.171. The number of amidine groups is 1. The first kappa shape index (κ1) is 36.4. The average Bonchev–Trinajstić information content (AvgIpc) is 3.99. The van der Waals surface area contributed by atoms with Crippen LogP contribution in [0.1, 0.15) is 30.0 Å². The number of fused-ring (bicyclic) bond motifs is 10. The van der Waals surface area contributed by atoms with Crippen LogP contribution in [0.3, 0.4) is 0 Å². The van der Waals surface area contributed by atoms with E-state index in [2.05, 4.69) is 216 Å². The maximum absolute atomic E-state index is 6.65. The van der Waals surface area contributed by atoms with Gasteiger partial charge in [0.1, 0.15) is 11.2 Å². The molecule has 0 unspecified atom stereocenters. The van der Waals surface area contributed by atoms with Crippen LogP contribution in [-0.2, 0) is 0 Å². The molecule has 5 heteroatoms. The zero-order valence-electron chi connectivity index (χ0n) is 35.1. The van der Waals surface area contributed by atoms with Crippen molar-refractivity contribution in [2.45, 2.75) is 13.3 Å². The Bertz CT molecular complexity index is 3940. The molecule has 0 saturated heterocycles. The lowest BCUT2D eigenvalue weighted by atomic mass is 9.90. The summed E-state index contributed by atoms with van der Waals surface area (Å²) in [5, 5.41) is 9.38. The second-order valence-electron chi connectivity index (χ2n) is 16.9. The van der Waals surface area contributed by atoms with E-state index in [0.717, 1.165) is 84.4 Å². The van der Waals surface area contributed by atoms with Crippen LogP contribution in [0.2, 0.25) is 0 Å². The fraction of sp³-hybridized carbons (Fsp3) is 0.0508. The molecule has 12 aromatic rings. The molecule has 302 valence electrons. The minimum Gasteiger partial charge on any atom is -0.456 e. The van der Waals surface area contributed by atoms with Crippen molar-refractivity contribution in [3.63, 3.8) is 0 Å². The Morgan fingerprint density at radius 1 is 0.469 bits per heavy atom. The van der Waals surface area contributed by atoms with Crippen LogP contribution in [0.5, 0.6) is 0 Å². The monoisotopic (exact) mass is 820 g/mol. The summed E-state index contributed by atoms with van der Waals surface area (Å²) in [5.74, 6) is 0.715. The summed E-state index contributed by atoms with van der Waals surface area (Å²) in [6.07, 6.45) is 3.05. The maximum atomic E-state index is 6.65. The molecule has 0 fully saturated rings. The zero-order valence-corrected chi connectivity index (χ0v) is 35.1. The van der Waals surface area contributed by atoms with Crippen molar-refractivity contribution < 1.29 is 4.42 Å². The molecule has 0 spiro atoms. The van der Waals surface area contributed by atoms with Gasteiger partial charge >= 0.3 is 0 Å². The summed E-state index contributed by atoms with van der Waals surface area (Å²) >= 11 is 0. The van der Waals surface area contributed by atoms with Gasteiger partial charge in [-0.2, -0.15) is 0 Å². The molecular formula is C59H40N4O. The number of benzene rings is 9. The van der Waals surface area contributed by atoms with E-state index in [9.17, 15) is 0 Å². The van der Waals surface area contributed by atoms with E-state index in [-0.39, 0.29) is 5.92 Å². The van der Waals surface area contributed by atoms with Crippen molar-refractivity contribution in [3.8, 4) is 11.4 Å². The van der Waals surface area contributed by atoms with Gasteiger partial charge in [-0.1, -0.05) is 153 Å². The Labute approximate surface area is 369 Å². The van der Waals surface area contributed by atoms with Gasteiger partial charge in [0, 0.05) is 60.6 Å². The van der Waals surface area contributed by atoms with Crippen LogP contribution >= 0.6 is 0 Å². The summed E-state index contributed by atoms with van der Waals surface area (Å²) in [7, 11) is 0. The lowest BCUT2D eigenvalue weighted by Gasteiger charge is -2.21. The Morgan fingerprint density at radius 2 is 1.12 bits per heavy atom. The molecular weight excluding hydrogens is 781 g/mol. The molecule has 0 saturated carbocycles. The normalized spacial score (nSPS) is 15.5. The van der Waals surface area contributed by atoms with E-state index < -0.39 is 0 Å². The van der Waals surface area contributed by atoms with E-state index in [4.69, 9.17) is 14.4 Å². The fourth-order valence-electron chi connectivity index (χ4n) is 10.2. The first-order chi connectivity index (χ1) is 31.7. The molecule has 0 N–H and O–H groups in total. The first-order valence-electron chi connectivity index (χ1n) is 22.0. The van der Waals surface area contributed by atoms with Crippen LogP contribution in [0.4, 0.5) is 0 Å². The summed E-state index contributed by atoms with van der Waals surface area (Å²) in [5.41, 5.74) is 13.4. The molecule has 64 heavy (non-hydrogen) atoms. The first-order valence-corrected chi connectivity index (χ1v) is 22.0. The molecule has 1 aliphatic rings. The minimum absolute atomic E-state index is 0.0478. The summed E-state index contributed by atoms with van der Waals surface area (Å²) in [6.45, 7) is 2.30. The second-order valence-corrected chi connectivity index (χ2v) is 16.9. The van der Waals surface area contributed by atoms with Gasteiger partial charge in [-0.15, -0.1) is 0 Å². The number of allylic oxidation sites excluding steroid dienone is 1. The summed E-state index contributed by atoms with van der Waals surface area (Å²) in [4.78, 5) is 11.3. The van der Waals surface area contributed by atoms with Gasteiger partial charge in [-0.05, 0) is 77.9 Å².